The summed E-state index contributed by atoms with van der Waals surface area (Å²) in [5.74, 6) is 1.05. The number of halogens is 3. The molecule has 0 aliphatic carbocycles. The Labute approximate surface area is 186 Å². The Bertz CT molecular complexity index is 1020. The van der Waals surface area contributed by atoms with Crippen molar-refractivity contribution in [3.8, 4) is 11.5 Å². The van der Waals surface area contributed by atoms with Crippen LogP contribution in [0, 0.1) is 13.8 Å². The summed E-state index contributed by atoms with van der Waals surface area (Å²) in [5.41, 5.74) is 5.37. The lowest BCUT2D eigenvalue weighted by atomic mass is 10.1. The van der Waals surface area contributed by atoms with Gasteiger partial charge in [-0.25, -0.2) is 0 Å². The van der Waals surface area contributed by atoms with E-state index in [4.69, 9.17) is 44.3 Å². The van der Waals surface area contributed by atoms with E-state index in [1.54, 1.807) is 19.2 Å². The second-order valence-electron chi connectivity index (χ2n) is 6.79. The lowest BCUT2D eigenvalue weighted by Crippen LogP contribution is -2.03. The lowest BCUT2D eigenvalue weighted by Gasteiger charge is -2.16. The van der Waals surface area contributed by atoms with E-state index < -0.39 is 0 Å². The van der Waals surface area contributed by atoms with Crippen LogP contribution >= 0.6 is 34.8 Å². The number of hydrogen-bond donors (Lipinski definition) is 1. The van der Waals surface area contributed by atoms with Gasteiger partial charge in [-0.05, 0) is 66.9 Å². The van der Waals surface area contributed by atoms with Crippen LogP contribution in [-0.2, 0) is 13.2 Å². The fourth-order valence-corrected chi connectivity index (χ4v) is 3.61. The maximum absolute atomic E-state index is 6.49. The molecule has 3 aromatic carbocycles. The molecule has 0 aliphatic heterocycles. The van der Waals surface area contributed by atoms with E-state index in [1.807, 2.05) is 18.2 Å². The third-order valence-electron chi connectivity index (χ3n) is 4.68. The summed E-state index contributed by atoms with van der Waals surface area (Å²) in [6, 6.07) is 15.4. The molecule has 0 saturated carbocycles. The fraction of sp³-hybridized carbons (Fsp3) is 0.217. The number of methoxy groups -OCH3 is 1. The highest BCUT2D eigenvalue weighted by Gasteiger charge is 2.13. The monoisotopic (exact) mass is 449 g/mol. The predicted molar refractivity (Wildman–Crippen MR) is 122 cm³/mol. The average Bonchev–Trinajstić information content (AvgIpc) is 2.69. The average molecular weight is 451 g/mol. The Morgan fingerprint density at radius 2 is 1.66 bits per heavy atom. The first kappa shape index (κ1) is 21.6. The normalized spacial score (nSPS) is 10.7. The van der Waals surface area contributed by atoms with Gasteiger partial charge in [0.25, 0.3) is 0 Å². The summed E-state index contributed by atoms with van der Waals surface area (Å²) in [4.78, 5) is 0. The van der Waals surface area contributed by atoms with Crippen molar-refractivity contribution in [3.63, 3.8) is 0 Å². The van der Waals surface area contributed by atoms with Crippen LogP contribution in [0.2, 0.25) is 15.1 Å². The van der Waals surface area contributed by atoms with Gasteiger partial charge in [0.05, 0.1) is 12.1 Å². The molecule has 1 N–H and O–H groups in total. The molecule has 3 rings (SSSR count). The number of aryl methyl sites for hydroxylation is 2. The van der Waals surface area contributed by atoms with Crippen LogP contribution in [0.5, 0.6) is 11.5 Å². The fourth-order valence-electron chi connectivity index (χ4n) is 2.86. The zero-order valence-corrected chi connectivity index (χ0v) is 18.8. The van der Waals surface area contributed by atoms with E-state index >= 15 is 0 Å². The highest BCUT2D eigenvalue weighted by molar-refractivity contribution is 6.35. The van der Waals surface area contributed by atoms with Crippen molar-refractivity contribution in [2.24, 2.45) is 0 Å². The largest absolute Gasteiger partial charge is 0.493 e. The molecule has 3 aromatic rings. The van der Waals surface area contributed by atoms with Crippen molar-refractivity contribution in [2.45, 2.75) is 27.0 Å². The Morgan fingerprint density at radius 1 is 0.862 bits per heavy atom. The highest BCUT2D eigenvalue weighted by atomic mass is 35.5. The number of rotatable bonds is 7. The Morgan fingerprint density at radius 3 is 2.34 bits per heavy atom. The molecule has 0 spiro atoms. The van der Waals surface area contributed by atoms with Crippen LogP contribution in [-0.4, -0.2) is 7.11 Å². The predicted octanol–water partition coefficient (Wildman–Crippen LogP) is 7.46. The standard InChI is InChI=1S/C23H22Cl3NO2/c1-14-4-7-19(8-15(14)2)27-12-16-9-21(26)23(22(10-16)28-3)29-13-17-5-6-18(24)11-20(17)25/h4-11,27H,12-13H2,1-3H3. The van der Waals surface area contributed by atoms with Crippen LogP contribution in [0.4, 0.5) is 5.69 Å². The SMILES string of the molecule is COc1cc(CNc2ccc(C)c(C)c2)cc(Cl)c1OCc1ccc(Cl)cc1Cl. The quantitative estimate of drug-likeness (QED) is 0.405. The molecule has 29 heavy (non-hydrogen) atoms. The topological polar surface area (TPSA) is 30.5 Å². The molecule has 0 atom stereocenters. The first-order valence-electron chi connectivity index (χ1n) is 9.11. The Kier molecular flexibility index (Phi) is 7.18. The number of ether oxygens (including phenoxy) is 2. The van der Waals surface area contributed by atoms with E-state index in [2.05, 4.69) is 37.4 Å². The summed E-state index contributed by atoms with van der Waals surface area (Å²) in [7, 11) is 1.59. The van der Waals surface area contributed by atoms with Gasteiger partial charge in [0.1, 0.15) is 6.61 Å². The highest BCUT2D eigenvalue weighted by Crippen LogP contribution is 2.37. The Balaban J connectivity index is 1.73. The van der Waals surface area contributed by atoms with E-state index in [0.717, 1.165) is 16.8 Å². The minimum atomic E-state index is 0.256. The molecule has 0 bridgehead atoms. The second-order valence-corrected chi connectivity index (χ2v) is 8.04. The summed E-state index contributed by atoms with van der Waals surface area (Å²) in [5, 5.41) is 5.01. The summed E-state index contributed by atoms with van der Waals surface area (Å²) < 4.78 is 11.4. The summed E-state index contributed by atoms with van der Waals surface area (Å²) in [6.45, 7) is 5.06. The number of benzene rings is 3. The van der Waals surface area contributed by atoms with Gasteiger partial charge in [-0.1, -0.05) is 46.9 Å². The van der Waals surface area contributed by atoms with E-state index in [0.29, 0.717) is 33.1 Å². The van der Waals surface area contributed by atoms with Crippen molar-refractivity contribution in [1.29, 1.82) is 0 Å². The molecule has 0 saturated heterocycles. The molecule has 152 valence electrons. The van der Waals surface area contributed by atoms with Gasteiger partial charge in [0.15, 0.2) is 11.5 Å². The maximum Gasteiger partial charge on any atom is 0.180 e. The minimum absolute atomic E-state index is 0.256. The van der Waals surface area contributed by atoms with Crippen molar-refractivity contribution in [1.82, 2.24) is 0 Å². The van der Waals surface area contributed by atoms with E-state index in [9.17, 15) is 0 Å². The number of anilines is 1. The molecule has 0 heterocycles. The van der Waals surface area contributed by atoms with Crippen molar-refractivity contribution < 1.29 is 9.47 Å². The molecule has 0 radical (unpaired) electrons. The van der Waals surface area contributed by atoms with Crippen LogP contribution in [0.15, 0.2) is 48.5 Å². The van der Waals surface area contributed by atoms with Gasteiger partial charge in [-0.15, -0.1) is 0 Å². The third kappa shape index (κ3) is 5.51. The lowest BCUT2D eigenvalue weighted by molar-refractivity contribution is 0.284. The minimum Gasteiger partial charge on any atom is -0.493 e. The summed E-state index contributed by atoms with van der Waals surface area (Å²) >= 11 is 18.6. The van der Waals surface area contributed by atoms with Gasteiger partial charge < -0.3 is 14.8 Å². The number of nitrogens with one attached hydrogen (secondary N) is 1. The first-order valence-corrected chi connectivity index (χ1v) is 10.2. The molecule has 3 nitrogen and oxygen atoms in total. The Hall–Kier alpha value is -2.07. The smallest absolute Gasteiger partial charge is 0.180 e. The van der Waals surface area contributed by atoms with Crippen LogP contribution in [0.1, 0.15) is 22.3 Å². The van der Waals surface area contributed by atoms with E-state index in [-0.39, 0.29) is 6.61 Å². The van der Waals surface area contributed by atoms with Crippen molar-refractivity contribution in [2.75, 3.05) is 12.4 Å². The van der Waals surface area contributed by atoms with Gasteiger partial charge in [-0.2, -0.15) is 0 Å². The molecular weight excluding hydrogens is 429 g/mol. The molecule has 0 unspecified atom stereocenters. The zero-order chi connectivity index (χ0) is 21.0. The van der Waals surface area contributed by atoms with Gasteiger partial charge in [0, 0.05) is 27.8 Å². The molecule has 0 fully saturated rings. The summed E-state index contributed by atoms with van der Waals surface area (Å²) in [6.07, 6.45) is 0. The van der Waals surface area contributed by atoms with Crippen molar-refractivity contribution >= 4 is 40.5 Å². The van der Waals surface area contributed by atoms with Crippen molar-refractivity contribution in [3.05, 3.63) is 85.9 Å². The second kappa shape index (κ2) is 9.62. The van der Waals surface area contributed by atoms with Crippen LogP contribution in [0.25, 0.3) is 0 Å². The van der Waals surface area contributed by atoms with Crippen LogP contribution in [0.3, 0.4) is 0 Å². The van der Waals surface area contributed by atoms with Gasteiger partial charge in [0.2, 0.25) is 0 Å². The third-order valence-corrected chi connectivity index (χ3v) is 5.55. The molecule has 0 amide bonds. The van der Waals surface area contributed by atoms with E-state index in [1.165, 1.54) is 11.1 Å². The first-order chi connectivity index (χ1) is 13.9. The van der Waals surface area contributed by atoms with Crippen LogP contribution < -0.4 is 14.8 Å². The number of hydrogen-bond acceptors (Lipinski definition) is 3. The maximum atomic E-state index is 6.49. The zero-order valence-electron chi connectivity index (χ0n) is 16.5. The molecule has 0 aliphatic rings. The van der Waals surface area contributed by atoms with Gasteiger partial charge in [-0.3, -0.25) is 0 Å². The molecular formula is C23H22Cl3NO2. The molecule has 0 aromatic heterocycles. The van der Waals surface area contributed by atoms with Gasteiger partial charge >= 0.3 is 0 Å². The molecule has 6 heteroatoms.